The Bertz CT molecular complexity index is 1070. The van der Waals surface area contributed by atoms with Crippen LogP contribution < -0.4 is 4.74 Å². The van der Waals surface area contributed by atoms with Gasteiger partial charge in [0.25, 0.3) is 0 Å². The van der Waals surface area contributed by atoms with Crippen molar-refractivity contribution in [3.63, 3.8) is 0 Å². The lowest BCUT2D eigenvalue weighted by Gasteiger charge is -2.35. The number of amides is 1. The van der Waals surface area contributed by atoms with Gasteiger partial charge in [0.2, 0.25) is 5.91 Å². The lowest BCUT2D eigenvalue weighted by molar-refractivity contribution is -0.132. The van der Waals surface area contributed by atoms with Crippen LogP contribution in [0, 0.1) is 0 Å². The zero-order valence-corrected chi connectivity index (χ0v) is 18.5. The number of carbonyl (C=O) groups is 1. The number of benzene rings is 3. The molecule has 3 aromatic rings. The van der Waals surface area contributed by atoms with Crippen LogP contribution >= 0.6 is 0 Å². The van der Waals surface area contributed by atoms with E-state index in [0.29, 0.717) is 26.1 Å². The van der Waals surface area contributed by atoms with Gasteiger partial charge in [0.1, 0.15) is 5.75 Å². The fourth-order valence-corrected chi connectivity index (χ4v) is 4.21. The lowest BCUT2D eigenvalue weighted by atomic mass is 9.99. The molecule has 5 nitrogen and oxygen atoms in total. The maximum atomic E-state index is 12.5. The first kappa shape index (κ1) is 22.1. The normalized spacial score (nSPS) is 15.9. The molecule has 0 bridgehead atoms. The number of piperazine rings is 1. The number of rotatable bonds is 7. The number of fused-ring (bicyclic) bond motifs is 1. The van der Waals surface area contributed by atoms with Crippen molar-refractivity contribution in [3.05, 3.63) is 83.9 Å². The summed E-state index contributed by atoms with van der Waals surface area (Å²) in [7, 11) is 1.65. The molecule has 0 saturated carbocycles. The molecule has 166 valence electrons. The van der Waals surface area contributed by atoms with Crippen molar-refractivity contribution >= 4 is 22.8 Å². The zero-order chi connectivity index (χ0) is 22.3. The summed E-state index contributed by atoms with van der Waals surface area (Å²) in [6, 6.07) is 21.9. The number of carbonyl (C=O) groups excluding carboxylic acids is 1. The van der Waals surface area contributed by atoms with Crippen LogP contribution in [0.2, 0.25) is 0 Å². The summed E-state index contributed by atoms with van der Waals surface area (Å²) in [5, 5.41) is 13.1. The first-order chi connectivity index (χ1) is 15.6. The number of hydrogen-bond donors (Lipinski definition) is 1. The van der Waals surface area contributed by atoms with E-state index in [1.165, 1.54) is 0 Å². The molecule has 5 heteroatoms. The molecule has 0 radical (unpaired) electrons. The number of β-amino-alcohol motifs (C(OH)–C–C–N with tert-alkyl or cyclic N) is 1. The summed E-state index contributed by atoms with van der Waals surface area (Å²) in [5.41, 5.74) is 2.01. The second kappa shape index (κ2) is 10.4. The fourth-order valence-electron chi connectivity index (χ4n) is 4.21. The van der Waals surface area contributed by atoms with Gasteiger partial charge in [-0.25, -0.2) is 0 Å². The number of hydrogen-bond acceptors (Lipinski definition) is 4. The van der Waals surface area contributed by atoms with Gasteiger partial charge in [0, 0.05) is 39.1 Å². The van der Waals surface area contributed by atoms with Gasteiger partial charge in [-0.05, 0) is 34.0 Å². The Balaban J connectivity index is 1.31. The molecule has 4 rings (SSSR count). The molecule has 1 N–H and O–H groups in total. The van der Waals surface area contributed by atoms with E-state index < -0.39 is 6.10 Å². The van der Waals surface area contributed by atoms with E-state index >= 15 is 0 Å². The van der Waals surface area contributed by atoms with Crippen LogP contribution in [0.4, 0.5) is 0 Å². The summed E-state index contributed by atoms with van der Waals surface area (Å²) < 4.78 is 5.36. The van der Waals surface area contributed by atoms with Crippen molar-refractivity contribution in [2.45, 2.75) is 12.5 Å². The molecule has 1 atom stereocenters. The zero-order valence-electron chi connectivity index (χ0n) is 18.5. The highest BCUT2D eigenvalue weighted by atomic mass is 16.5. The largest absolute Gasteiger partial charge is 0.497 e. The summed E-state index contributed by atoms with van der Waals surface area (Å²) in [5.74, 6) is 0.934. The summed E-state index contributed by atoms with van der Waals surface area (Å²) in [6.07, 6.45) is 3.74. The van der Waals surface area contributed by atoms with Crippen LogP contribution in [-0.2, 0) is 4.79 Å². The highest BCUT2D eigenvalue weighted by molar-refractivity contribution is 5.87. The average molecular weight is 431 g/mol. The van der Waals surface area contributed by atoms with Gasteiger partial charge < -0.3 is 14.7 Å². The second-order valence-electron chi connectivity index (χ2n) is 8.15. The van der Waals surface area contributed by atoms with E-state index in [2.05, 4.69) is 4.90 Å². The van der Waals surface area contributed by atoms with Gasteiger partial charge in [-0.2, -0.15) is 0 Å². The standard InChI is InChI=1S/C27H30N2O3/c1-32-23-14-13-22-10-6-11-24(25(22)19-23)26(30)20-28-15-17-29(18-16-28)27(31)12-5-9-21-7-3-2-4-8-21/h2-11,13-14,19,26,30H,12,15-18,20H2,1H3/t26-/m0/s1. The van der Waals surface area contributed by atoms with E-state index in [0.717, 1.165) is 40.7 Å². The van der Waals surface area contributed by atoms with E-state index in [1.807, 2.05) is 83.8 Å². The van der Waals surface area contributed by atoms with Gasteiger partial charge in [-0.1, -0.05) is 66.7 Å². The minimum atomic E-state index is -0.595. The molecule has 0 unspecified atom stereocenters. The van der Waals surface area contributed by atoms with E-state index in [-0.39, 0.29) is 5.91 Å². The Morgan fingerprint density at radius 1 is 1.03 bits per heavy atom. The molecular weight excluding hydrogens is 400 g/mol. The van der Waals surface area contributed by atoms with Crippen molar-refractivity contribution in [3.8, 4) is 5.75 Å². The van der Waals surface area contributed by atoms with Crippen LogP contribution in [0.1, 0.15) is 23.7 Å². The van der Waals surface area contributed by atoms with Crippen molar-refractivity contribution in [1.29, 1.82) is 0 Å². The molecule has 1 saturated heterocycles. The average Bonchev–Trinajstić information content (AvgIpc) is 2.84. The molecule has 1 amide bonds. The smallest absolute Gasteiger partial charge is 0.226 e. The van der Waals surface area contributed by atoms with E-state index in [9.17, 15) is 9.90 Å². The van der Waals surface area contributed by atoms with Gasteiger partial charge in [-0.3, -0.25) is 9.69 Å². The number of nitrogens with zero attached hydrogens (tertiary/aromatic N) is 2. The number of methoxy groups -OCH3 is 1. The Labute approximate surface area is 189 Å². The van der Waals surface area contributed by atoms with Gasteiger partial charge in [0.15, 0.2) is 0 Å². The summed E-state index contributed by atoms with van der Waals surface area (Å²) in [6.45, 7) is 3.45. The number of ether oxygens (including phenoxy) is 1. The van der Waals surface area contributed by atoms with Crippen molar-refractivity contribution in [2.24, 2.45) is 0 Å². The van der Waals surface area contributed by atoms with Crippen LogP contribution in [0.5, 0.6) is 5.75 Å². The third-order valence-corrected chi connectivity index (χ3v) is 6.04. The van der Waals surface area contributed by atoms with Crippen molar-refractivity contribution in [1.82, 2.24) is 9.80 Å². The molecule has 1 fully saturated rings. The van der Waals surface area contributed by atoms with Gasteiger partial charge >= 0.3 is 0 Å². The Hall–Kier alpha value is -3.15. The quantitative estimate of drug-likeness (QED) is 0.612. The predicted molar refractivity (Wildman–Crippen MR) is 129 cm³/mol. The van der Waals surface area contributed by atoms with Crippen LogP contribution in [0.15, 0.2) is 72.8 Å². The van der Waals surface area contributed by atoms with Crippen LogP contribution in [0.3, 0.4) is 0 Å². The molecule has 0 aliphatic carbocycles. The topological polar surface area (TPSA) is 53.0 Å². The predicted octanol–water partition coefficient (Wildman–Crippen LogP) is 4.13. The molecule has 0 spiro atoms. The van der Waals surface area contributed by atoms with Crippen molar-refractivity contribution in [2.75, 3.05) is 39.8 Å². The first-order valence-electron chi connectivity index (χ1n) is 11.1. The van der Waals surface area contributed by atoms with Gasteiger partial charge in [0.05, 0.1) is 13.2 Å². The second-order valence-corrected chi connectivity index (χ2v) is 8.15. The number of aliphatic hydroxyl groups excluding tert-OH is 1. The van der Waals surface area contributed by atoms with Gasteiger partial charge in [-0.15, -0.1) is 0 Å². The summed E-state index contributed by atoms with van der Waals surface area (Å²) in [4.78, 5) is 16.7. The Kier molecular flexibility index (Phi) is 7.20. The highest BCUT2D eigenvalue weighted by Crippen LogP contribution is 2.28. The lowest BCUT2D eigenvalue weighted by Crippen LogP contribution is -2.49. The SMILES string of the molecule is COc1ccc2cccc([C@@H](O)CN3CCN(C(=O)CC=Cc4ccccc4)CC3)c2c1. The molecule has 1 aliphatic rings. The Morgan fingerprint density at radius 3 is 2.56 bits per heavy atom. The van der Waals surface area contributed by atoms with Crippen LogP contribution in [-0.4, -0.2) is 60.6 Å². The molecule has 1 heterocycles. The third kappa shape index (κ3) is 5.36. The third-order valence-electron chi connectivity index (χ3n) is 6.04. The molecule has 3 aromatic carbocycles. The highest BCUT2D eigenvalue weighted by Gasteiger charge is 2.23. The molecular formula is C27H30N2O3. The molecule has 0 aromatic heterocycles. The summed E-state index contributed by atoms with van der Waals surface area (Å²) >= 11 is 0. The molecule has 32 heavy (non-hydrogen) atoms. The Morgan fingerprint density at radius 2 is 1.81 bits per heavy atom. The van der Waals surface area contributed by atoms with Crippen LogP contribution in [0.25, 0.3) is 16.8 Å². The maximum absolute atomic E-state index is 12.5. The van der Waals surface area contributed by atoms with Crippen molar-refractivity contribution < 1.29 is 14.6 Å². The fraction of sp³-hybridized carbons (Fsp3) is 0.296. The van der Waals surface area contributed by atoms with E-state index in [1.54, 1.807) is 7.11 Å². The number of aliphatic hydroxyl groups is 1. The maximum Gasteiger partial charge on any atom is 0.226 e. The van der Waals surface area contributed by atoms with E-state index in [4.69, 9.17) is 4.74 Å². The minimum absolute atomic E-state index is 0.151. The molecule has 1 aliphatic heterocycles. The monoisotopic (exact) mass is 430 g/mol. The minimum Gasteiger partial charge on any atom is -0.497 e. The first-order valence-corrected chi connectivity index (χ1v) is 11.1.